The maximum atomic E-state index is 12.1. The van der Waals surface area contributed by atoms with Crippen molar-refractivity contribution >= 4 is 5.97 Å². The Bertz CT molecular complexity index is 413. The number of ether oxygens (including phenoxy) is 2. The van der Waals surface area contributed by atoms with Gasteiger partial charge < -0.3 is 14.4 Å². The summed E-state index contributed by atoms with van der Waals surface area (Å²) < 4.78 is 11.2. The van der Waals surface area contributed by atoms with E-state index in [1.165, 1.54) is 0 Å². The first-order valence-electron chi connectivity index (χ1n) is 7.26. The van der Waals surface area contributed by atoms with E-state index in [1.807, 2.05) is 37.3 Å². The predicted octanol–water partition coefficient (Wildman–Crippen LogP) is 2.40. The number of carbonyl (C=O) groups excluding carboxylic acids is 1. The quantitative estimate of drug-likeness (QED) is 0.775. The molecule has 1 atom stereocenters. The van der Waals surface area contributed by atoms with Gasteiger partial charge in [0, 0.05) is 13.1 Å². The Hall–Kier alpha value is -1.39. The summed E-state index contributed by atoms with van der Waals surface area (Å²) in [6.45, 7) is 4.21. The van der Waals surface area contributed by atoms with Crippen molar-refractivity contribution in [2.75, 3.05) is 26.7 Å². The Labute approximate surface area is 120 Å². The molecule has 0 spiro atoms. The smallest absolute Gasteiger partial charge is 0.339 e. The van der Waals surface area contributed by atoms with Crippen LogP contribution in [0.15, 0.2) is 30.3 Å². The summed E-state index contributed by atoms with van der Waals surface area (Å²) in [5, 5.41) is 0. The lowest BCUT2D eigenvalue weighted by molar-refractivity contribution is -0.163. The van der Waals surface area contributed by atoms with Crippen LogP contribution >= 0.6 is 0 Å². The van der Waals surface area contributed by atoms with Crippen LogP contribution in [-0.4, -0.2) is 43.7 Å². The number of hydrogen-bond acceptors (Lipinski definition) is 4. The molecule has 4 heteroatoms. The van der Waals surface area contributed by atoms with Crippen molar-refractivity contribution in [1.29, 1.82) is 0 Å². The van der Waals surface area contributed by atoms with Crippen LogP contribution in [0.3, 0.4) is 0 Å². The largest absolute Gasteiger partial charge is 0.464 e. The van der Waals surface area contributed by atoms with Crippen molar-refractivity contribution in [3.05, 3.63) is 35.9 Å². The molecule has 1 aliphatic heterocycles. The second kappa shape index (κ2) is 7.41. The van der Waals surface area contributed by atoms with E-state index in [-0.39, 0.29) is 12.1 Å². The third-order valence-electron chi connectivity index (χ3n) is 3.60. The lowest BCUT2D eigenvalue weighted by Crippen LogP contribution is -2.36. The minimum absolute atomic E-state index is 0.126. The first-order valence-corrected chi connectivity index (χ1v) is 7.26. The van der Waals surface area contributed by atoms with E-state index in [1.54, 1.807) is 0 Å². The third-order valence-corrected chi connectivity index (χ3v) is 3.60. The van der Waals surface area contributed by atoms with E-state index in [9.17, 15) is 4.79 Å². The molecule has 1 aliphatic rings. The van der Waals surface area contributed by atoms with Gasteiger partial charge in [0.1, 0.15) is 0 Å². The molecule has 4 nitrogen and oxygen atoms in total. The van der Waals surface area contributed by atoms with Crippen LogP contribution in [0.4, 0.5) is 0 Å². The monoisotopic (exact) mass is 277 g/mol. The maximum Gasteiger partial charge on any atom is 0.339 e. The average molecular weight is 277 g/mol. The van der Waals surface area contributed by atoms with E-state index in [0.29, 0.717) is 6.61 Å². The second-order valence-corrected chi connectivity index (χ2v) is 5.18. The predicted molar refractivity (Wildman–Crippen MR) is 77.4 cm³/mol. The summed E-state index contributed by atoms with van der Waals surface area (Å²) in [7, 11) is 2.11. The lowest BCUT2D eigenvalue weighted by atomic mass is 10.1. The van der Waals surface area contributed by atoms with Crippen LogP contribution in [0.1, 0.15) is 31.4 Å². The van der Waals surface area contributed by atoms with Gasteiger partial charge in [-0.25, -0.2) is 4.79 Å². The van der Waals surface area contributed by atoms with Gasteiger partial charge in [0.2, 0.25) is 0 Å². The van der Waals surface area contributed by atoms with Gasteiger partial charge in [-0.2, -0.15) is 0 Å². The molecular weight excluding hydrogens is 254 g/mol. The fraction of sp³-hybridized carbons (Fsp3) is 0.562. The molecule has 1 aromatic carbocycles. The van der Waals surface area contributed by atoms with Gasteiger partial charge in [-0.1, -0.05) is 30.3 Å². The summed E-state index contributed by atoms with van der Waals surface area (Å²) >= 11 is 0. The number of hydrogen-bond donors (Lipinski definition) is 0. The fourth-order valence-electron chi connectivity index (χ4n) is 2.43. The molecule has 0 aromatic heterocycles. The molecule has 20 heavy (non-hydrogen) atoms. The number of nitrogens with zero attached hydrogens (tertiary/aromatic N) is 1. The van der Waals surface area contributed by atoms with Gasteiger partial charge in [-0.3, -0.25) is 0 Å². The first kappa shape index (κ1) is 15.0. The highest BCUT2D eigenvalue weighted by atomic mass is 16.6. The molecule has 0 bridgehead atoms. The highest BCUT2D eigenvalue weighted by molar-refractivity contribution is 5.76. The first-order chi connectivity index (χ1) is 9.70. The topological polar surface area (TPSA) is 38.8 Å². The molecule has 110 valence electrons. The third kappa shape index (κ3) is 4.05. The van der Waals surface area contributed by atoms with Crippen molar-refractivity contribution in [3.8, 4) is 0 Å². The summed E-state index contributed by atoms with van der Waals surface area (Å²) in [4.78, 5) is 14.4. The maximum absolute atomic E-state index is 12.1. The fourth-order valence-corrected chi connectivity index (χ4v) is 2.43. The number of piperidine rings is 1. The van der Waals surface area contributed by atoms with Crippen molar-refractivity contribution in [3.63, 3.8) is 0 Å². The Morgan fingerprint density at radius 2 is 1.95 bits per heavy atom. The van der Waals surface area contributed by atoms with Crippen LogP contribution in [0, 0.1) is 0 Å². The van der Waals surface area contributed by atoms with E-state index in [2.05, 4.69) is 11.9 Å². The SMILES string of the molecule is CCOC(=O)C(OC1CCN(C)CC1)c1ccccc1. The van der Waals surface area contributed by atoms with Gasteiger partial charge in [0.15, 0.2) is 6.10 Å². The Morgan fingerprint density at radius 1 is 1.30 bits per heavy atom. The molecule has 1 unspecified atom stereocenters. The molecule has 0 radical (unpaired) electrons. The van der Waals surface area contributed by atoms with E-state index in [4.69, 9.17) is 9.47 Å². The van der Waals surface area contributed by atoms with Gasteiger partial charge in [0.05, 0.1) is 12.7 Å². The van der Waals surface area contributed by atoms with Crippen LogP contribution in [-0.2, 0) is 14.3 Å². The minimum atomic E-state index is -0.607. The van der Waals surface area contributed by atoms with Crippen molar-refractivity contribution in [1.82, 2.24) is 4.90 Å². The Kier molecular flexibility index (Phi) is 5.56. The summed E-state index contributed by atoms with van der Waals surface area (Å²) in [5.41, 5.74) is 0.866. The van der Waals surface area contributed by atoms with Crippen LogP contribution < -0.4 is 0 Å². The zero-order valence-corrected chi connectivity index (χ0v) is 12.2. The summed E-state index contributed by atoms with van der Waals surface area (Å²) in [6.07, 6.45) is 1.43. The number of rotatable bonds is 5. The van der Waals surface area contributed by atoms with E-state index in [0.717, 1.165) is 31.5 Å². The van der Waals surface area contributed by atoms with E-state index >= 15 is 0 Å². The number of likely N-dealkylation sites (tertiary alicyclic amines) is 1. The Balaban J connectivity index is 2.05. The highest BCUT2D eigenvalue weighted by Crippen LogP contribution is 2.24. The zero-order valence-electron chi connectivity index (χ0n) is 12.2. The lowest BCUT2D eigenvalue weighted by Gasteiger charge is -2.31. The van der Waals surface area contributed by atoms with Crippen molar-refractivity contribution in [2.24, 2.45) is 0 Å². The molecule has 2 rings (SSSR count). The minimum Gasteiger partial charge on any atom is -0.464 e. The number of esters is 1. The van der Waals surface area contributed by atoms with Crippen molar-refractivity contribution in [2.45, 2.75) is 32.0 Å². The normalized spacial score (nSPS) is 18.7. The summed E-state index contributed by atoms with van der Waals surface area (Å²) in [5.74, 6) is -0.294. The standard InChI is InChI=1S/C16H23NO3/c1-3-19-16(18)15(13-7-5-4-6-8-13)20-14-9-11-17(2)12-10-14/h4-8,14-15H,3,9-12H2,1-2H3. The molecule has 1 fully saturated rings. The molecule has 0 aliphatic carbocycles. The molecule has 1 heterocycles. The van der Waals surface area contributed by atoms with Gasteiger partial charge in [0.25, 0.3) is 0 Å². The number of carbonyl (C=O) groups is 1. The van der Waals surface area contributed by atoms with Crippen LogP contribution in [0.2, 0.25) is 0 Å². The highest BCUT2D eigenvalue weighted by Gasteiger charge is 2.28. The number of benzene rings is 1. The molecule has 1 aromatic rings. The van der Waals surface area contributed by atoms with Gasteiger partial charge in [-0.05, 0) is 32.4 Å². The molecule has 0 N–H and O–H groups in total. The van der Waals surface area contributed by atoms with Gasteiger partial charge >= 0.3 is 5.97 Å². The van der Waals surface area contributed by atoms with Gasteiger partial charge in [-0.15, -0.1) is 0 Å². The van der Waals surface area contributed by atoms with E-state index < -0.39 is 6.10 Å². The summed E-state index contributed by atoms with van der Waals surface area (Å²) in [6, 6.07) is 9.59. The van der Waals surface area contributed by atoms with Crippen LogP contribution in [0.25, 0.3) is 0 Å². The molecule has 1 saturated heterocycles. The molecular formula is C16H23NO3. The second-order valence-electron chi connectivity index (χ2n) is 5.18. The van der Waals surface area contributed by atoms with Crippen LogP contribution in [0.5, 0.6) is 0 Å². The Morgan fingerprint density at radius 3 is 2.55 bits per heavy atom. The van der Waals surface area contributed by atoms with Crippen molar-refractivity contribution < 1.29 is 14.3 Å². The molecule has 0 saturated carbocycles. The molecule has 0 amide bonds. The zero-order chi connectivity index (χ0) is 14.4. The average Bonchev–Trinajstić information content (AvgIpc) is 2.48.